The van der Waals surface area contributed by atoms with E-state index in [0.29, 0.717) is 12.1 Å². The standard InChI is InChI=1S/C14H18N2O4/c1-16(9-11-4-2-3-7-20-11)13(17)10-5-6-15-12(8-10)14(18)19/h5-6,8,11H,2-4,7,9H2,1H3,(H,18,19). The number of likely N-dealkylation sites (N-methyl/N-ethyl adjacent to an activating group) is 1. The van der Waals surface area contributed by atoms with Crippen molar-refractivity contribution in [2.24, 2.45) is 0 Å². The highest BCUT2D eigenvalue weighted by Crippen LogP contribution is 2.14. The summed E-state index contributed by atoms with van der Waals surface area (Å²) in [7, 11) is 1.70. The maximum absolute atomic E-state index is 12.2. The maximum Gasteiger partial charge on any atom is 0.354 e. The first-order valence-corrected chi connectivity index (χ1v) is 6.64. The summed E-state index contributed by atoms with van der Waals surface area (Å²) >= 11 is 0. The SMILES string of the molecule is CN(CC1CCCCO1)C(=O)c1ccnc(C(=O)O)c1. The molecule has 6 nitrogen and oxygen atoms in total. The van der Waals surface area contributed by atoms with Gasteiger partial charge in [-0.2, -0.15) is 0 Å². The lowest BCUT2D eigenvalue weighted by molar-refractivity contribution is -0.000192. The quantitative estimate of drug-likeness (QED) is 0.901. The lowest BCUT2D eigenvalue weighted by Crippen LogP contribution is -2.37. The summed E-state index contributed by atoms with van der Waals surface area (Å²) in [5.41, 5.74) is 0.203. The lowest BCUT2D eigenvalue weighted by Gasteiger charge is -2.27. The molecule has 2 heterocycles. The third-order valence-corrected chi connectivity index (χ3v) is 3.32. The molecular formula is C14H18N2O4. The number of carboxylic acid groups (broad SMARTS) is 1. The van der Waals surface area contributed by atoms with E-state index in [0.717, 1.165) is 25.9 Å². The molecule has 0 spiro atoms. The van der Waals surface area contributed by atoms with Crippen molar-refractivity contribution in [3.8, 4) is 0 Å². The molecule has 1 aliphatic rings. The Hall–Kier alpha value is -1.95. The number of pyridine rings is 1. The monoisotopic (exact) mass is 278 g/mol. The molecule has 2 rings (SSSR count). The second kappa shape index (κ2) is 6.47. The number of carboxylic acids is 1. The number of rotatable bonds is 4. The summed E-state index contributed by atoms with van der Waals surface area (Å²) in [5, 5.41) is 8.88. The molecule has 20 heavy (non-hydrogen) atoms. The molecule has 108 valence electrons. The first-order valence-electron chi connectivity index (χ1n) is 6.64. The van der Waals surface area contributed by atoms with E-state index in [-0.39, 0.29) is 17.7 Å². The van der Waals surface area contributed by atoms with Crippen molar-refractivity contribution in [2.75, 3.05) is 20.2 Å². The Labute approximate surface area is 117 Å². The second-order valence-corrected chi connectivity index (χ2v) is 4.91. The Bertz CT molecular complexity index is 498. The van der Waals surface area contributed by atoms with Crippen LogP contribution in [0.4, 0.5) is 0 Å². The Morgan fingerprint density at radius 3 is 2.95 bits per heavy atom. The highest BCUT2D eigenvalue weighted by Gasteiger charge is 2.20. The molecule has 1 aromatic heterocycles. The van der Waals surface area contributed by atoms with Gasteiger partial charge in [-0.25, -0.2) is 9.78 Å². The summed E-state index contributed by atoms with van der Waals surface area (Å²) < 4.78 is 5.60. The number of ether oxygens (including phenoxy) is 1. The van der Waals surface area contributed by atoms with Gasteiger partial charge in [-0.15, -0.1) is 0 Å². The van der Waals surface area contributed by atoms with Gasteiger partial charge in [-0.3, -0.25) is 4.79 Å². The van der Waals surface area contributed by atoms with Crippen LogP contribution in [-0.2, 0) is 4.74 Å². The molecule has 1 unspecified atom stereocenters. The summed E-state index contributed by atoms with van der Waals surface area (Å²) in [4.78, 5) is 28.4. The van der Waals surface area contributed by atoms with Crippen LogP contribution in [0.1, 0.15) is 40.1 Å². The van der Waals surface area contributed by atoms with Crippen LogP contribution < -0.4 is 0 Å². The minimum Gasteiger partial charge on any atom is -0.477 e. The van der Waals surface area contributed by atoms with E-state index in [9.17, 15) is 9.59 Å². The average molecular weight is 278 g/mol. The minimum absolute atomic E-state index is 0.0680. The number of carbonyl (C=O) groups excluding carboxylic acids is 1. The average Bonchev–Trinajstić information content (AvgIpc) is 2.47. The molecule has 1 atom stereocenters. The molecule has 6 heteroatoms. The van der Waals surface area contributed by atoms with Gasteiger partial charge in [0.25, 0.3) is 5.91 Å². The molecule has 1 fully saturated rings. The van der Waals surface area contributed by atoms with E-state index < -0.39 is 5.97 Å². The van der Waals surface area contributed by atoms with Crippen molar-refractivity contribution in [3.05, 3.63) is 29.6 Å². The van der Waals surface area contributed by atoms with Gasteiger partial charge < -0.3 is 14.7 Å². The molecular weight excluding hydrogens is 260 g/mol. The molecule has 0 radical (unpaired) electrons. The van der Waals surface area contributed by atoms with Crippen molar-refractivity contribution >= 4 is 11.9 Å². The summed E-state index contributed by atoms with van der Waals surface area (Å²) in [6, 6.07) is 2.82. The number of nitrogens with zero attached hydrogens (tertiary/aromatic N) is 2. The fourth-order valence-corrected chi connectivity index (χ4v) is 2.24. The van der Waals surface area contributed by atoms with Crippen molar-refractivity contribution in [1.82, 2.24) is 9.88 Å². The van der Waals surface area contributed by atoms with E-state index in [1.807, 2.05) is 0 Å². The smallest absolute Gasteiger partial charge is 0.354 e. The molecule has 1 aromatic rings. The van der Waals surface area contributed by atoms with Gasteiger partial charge in [-0.1, -0.05) is 0 Å². The van der Waals surface area contributed by atoms with Crippen LogP contribution >= 0.6 is 0 Å². The Kier molecular flexibility index (Phi) is 4.68. The Morgan fingerprint density at radius 2 is 2.30 bits per heavy atom. The number of hydrogen-bond donors (Lipinski definition) is 1. The topological polar surface area (TPSA) is 79.7 Å². The molecule has 0 bridgehead atoms. The first kappa shape index (κ1) is 14.5. The fraction of sp³-hybridized carbons (Fsp3) is 0.500. The summed E-state index contributed by atoms with van der Waals surface area (Å²) in [5.74, 6) is -1.36. The molecule has 1 saturated heterocycles. The molecule has 0 saturated carbocycles. The maximum atomic E-state index is 12.2. The number of hydrogen-bond acceptors (Lipinski definition) is 4. The van der Waals surface area contributed by atoms with E-state index in [1.54, 1.807) is 11.9 Å². The van der Waals surface area contributed by atoms with Gasteiger partial charge in [0.1, 0.15) is 5.69 Å². The van der Waals surface area contributed by atoms with Crippen LogP contribution in [0.5, 0.6) is 0 Å². The minimum atomic E-state index is -1.14. The van der Waals surface area contributed by atoms with Crippen LogP contribution in [0.15, 0.2) is 18.3 Å². The second-order valence-electron chi connectivity index (χ2n) is 4.91. The summed E-state index contributed by atoms with van der Waals surface area (Å²) in [6.45, 7) is 1.26. The van der Waals surface area contributed by atoms with Crippen molar-refractivity contribution in [3.63, 3.8) is 0 Å². The van der Waals surface area contributed by atoms with Crippen LogP contribution in [0.25, 0.3) is 0 Å². The zero-order valence-electron chi connectivity index (χ0n) is 11.4. The van der Waals surface area contributed by atoms with E-state index >= 15 is 0 Å². The Morgan fingerprint density at radius 1 is 1.50 bits per heavy atom. The predicted molar refractivity (Wildman–Crippen MR) is 71.7 cm³/mol. The third-order valence-electron chi connectivity index (χ3n) is 3.32. The largest absolute Gasteiger partial charge is 0.477 e. The highest BCUT2D eigenvalue weighted by atomic mass is 16.5. The van der Waals surface area contributed by atoms with Gasteiger partial charge in [-0.05, 0) is 31.4 Å². The van der Waals surface area contributed by atoms with Crippen LogP contribution in [-0.4, -0.2) is 53.2 Å². The van der Waals surface area contributed by atoms with E-state index in [2.05, 4.69) is 4.98 Å². The summed E-state index contributed by atoms with van der Waals surface area (Å²) in [6.07, 6.45) is 4.54. The van der Waals surface area contributed by atoms with E-state index in [1.165, 1.54) is 18.3 Å². The lowest BCUT2D eigenvalue weighted by atomic mass is 10.1. The number of carbonyl (C=O) groups is 2. The predicted octanol–water partition coefficient (Wildman–Crippen LogP) is 1.42. The van der Waals surface area contributed by atoms with Gasteiger partial charge >= 0.3 is 5.97 Å². The number of amides is 1. The first-order chi connectivity index (χ1) is 9.58. The number of aromatic carboxylic acids is 1. The van der Waals surface area contributed by atoms with Gasteiger partial charge in [0.05, 0.1) is 6.10 Å². The zero-order chi connectivity index (χ0) is 14.5. The molecule has 1 amide bonds. The molecule has 1 N–H and O–H groups in total. The molecule has 1 aliphatic heterocycles. The zero-order valence-corrected chi connectivity index (χ0v) is 11.4. The van der Waals surface area contributed by atoms with Gasteiger partial charge in [0.2, 0.25) is 0 Å². The Balaban J connectivity index is 2.02. The normalized spacial score (nSPS) is 18.6. The van der Waals surface area contributed by atoms with Gasteiger partial charge in [0, 0.05) is 32.0 Å². The third kappa shape index (κ3) is 3.54. The van der Waals surface area contributed by atoms with Crippen LogP contribution in [0.2, 0.25) is 0 Å². The number of aromatic nitrogens is 1. The highest BCUT2D eigenvalue weighted by molar-refractivity contribution is 5.96. The van der Waals surface area contributed by atoms with E-state index in [4.69, 9.17) is 9.84 Å². The molecule has 0 aliphatic carbocycles. The van der Waals surface area contributed by atoms with Crippen LogP contribution in [0, 0.1) is 0 Å². The molecule has 0 aromatic carbocycles. The van der Waals surface area contributed by atoms with Crippen molar-refractivity contribution < 1.29 is 19.4 Å². The van der Waals surface area contributed by atoms with Crippen molar-refractivity contribution in [2.45, 2.75) is 25.4 Å². The van der Waals surface area contributed by atoms with Crippen LogP contribution in [0.3, 0.4) is 0 Å². The van der Waals surface area contributed by atoms with Gasteiger partial charge in [0.15, 0.2) is 0 Å². The van der Waals surface area contributed by atoms with Crippen molar-refractivity contribution in [1.29, 1.82) is 0 Å². The fourth-order valence-electron chi connectivity index (χ4n) is 2.24.